The Labute approximate surface area is 141 Å². The van der Waals surface area contributed by atoms with Gasteiger partial charge in [0.05, 0.1) is 6.20 Å². The number of likely N-dealkylation sites (tertiary alicyclic amines) is 1. The van der Waals surface area contributed by atoms with E-state index in [4.69, 9.17) is 4.98 Å². The van der Waals surface area contributed by atoms with Crippen LogP contribution in [0.15, 0.2) is 24.5 Å². The highest BCUT2D eigenvalue weighted by atomic mass is 15.3. The maximum atomic E-state index is 4.70. The standard InChI is InChI=1S/C18H24N6/c1-13-8-14(2)24-18(21-13)16(10-20-24)12-23-7-3-4-15(11-23)9-17-5-6-19-22-17/h5-6,8,10,15H,3-4,7,9,11-12H2,1-2H3,(H,19,22)/t15-/m1/s1. The lowest BCUT2D eigenvalue weighted by atomic mass is 9.93. The number of hydrogen-bond acceptors (Lipinski definition) is 4. The van der Waals surface area contributed by atoms with E-state index in [1.54, 1.807) is 0 Å². The summed E-state index contributed by atoms with van der Waals surface area (Å²) in [5, 5.41) is 11.7. The Morgan fingerprint density at radius 1 is 1.33 bits per heavy atom. The predicted molar refractivity (Wildman–Crippen MR) is 92.8 cm³/mol. The zero-order valence-corrected chi connectivity index (χ0v) is 14.4. The molecule has 0 saturated carbocycles. The van der Waals surface area contributed by atoms with Gasteiger partial charge in [0.2, 0.25) is 0 Å². The Hall–Kier alpha value is -2.21. The molecule has 0 spiro atoms. The number of hydrogen-bond donors (Lipinski definition) is 1. The van der Waals surface area contributed by atoms with Gasteiger partial charge in [-0.25, -0.2) is 9.50 Å². The van der Waals surface area contributed by atoms with Crippen LogP contribution in [-0.4, -0.2) is 42.8 Å². The van der Waals surface area contributed by atoms with Crippen molar-refractivity contribution in [3.8, 4) is 0 Å². The van der Waals surface area contributed by atoms with Crippen LogP contribution in [0.4, 0.5) is 0 Å². The van der Waals surface area contributed by atoms with Crippen LogP contribution in [0.2, 0.25) is 0 Å². The number of nitrogens with one attached hydrogen (secondary N) is 1. The fourth-order valence-corrected chi connectivity index (χ4v) is 3.84. The second-order valence-electron chi connectivity index (χ2n) is 6.97. The molecular weight excluding hydrogens is 300 g/mol. The van der Waals surface area contributed by atoms with Gasteiger partial charge < -0.3 is 0 Å². The molecule has 6 heteroatoms. The molecule has 3 aromatic heterocycles. The van der Waals surface area contributed by atoms with E-state index in [-0.39, 0.29) is 0 Å². The van der Waals surface area contributed by atoms with Crippen molar-refractivity contribution in [3.63, 3.8) is 0 Å². The summed E-state index contributed by atoms with van der Waals surface area (Å²) in [4.78, 5) is 7.24. The second kappa shape index (κ2) is 6.36. The number of nitrogens with zero attached hydrogens (tertiary/aromatic N) is 5. The smallest absolute Gasteiger partial charge is 0.159 e. The molecule has 4 heterocycles. The first kappa shape index (κ1) is 15.3. The van der Waals surface area contributed by atoms with Crippen molar-refractivity contribution < 1.29 is 0 Å². The molecule has 3 aromatic rings. The topological polar surface area (TPSA) is 62.1 Å². The van der Waals surface area contributed by atoms with Gasteiger partial charge in [-0.05, 0) is 57.7 Å². The van der Waals surface area contributed by atoms with Gasteiger partial charge in [-0.3, -0.25) is 10.00 Å². The average molecular weight is 324 g/mol. The number of fused-ring (bicyclic) bond motifs is 1. The highest BCUT2D eigenvalue weighted by Crippen LogP contribution is 2.22. The van der Waals surface area contributed by atoms with Crippen molar-refractivity contribution in [2.24, 2.45) is 5.92 Å². The molecule has 1 atom stereocenters. The molecule has 4 rings (SSSR count). The number of H-pyrrole nitrogens is 1. The zero-order valence-electron chi connectivity index (χ0n) is 14.4. The predicted octanol–water partition coefficient (Wildman–Crippen LogP) is 2.52. The molecule has 24 heavy (non-hydrogen) atoms. The minimum Gasteiger partial charge on any atom is -0.299 e. The molecule has 1 N–H and O–H groups in total. The van der Waals surface area contributed by atoms with Crippen molar-refractivity contribution >= 4 is 5.65 Å². The highest BCUT2D eigenvalue weighted by molar-refractivity contribution is 5.47. The summed E-state index contributed by atoms with van der Waals surface area (Å²) >= 11 is 0. The van der Waals surface area contributed by atoms with Crippen molar-refractivity contribution in [1.82, 2.24) is 29.7 Å². The Balaban J connectivity index is 1.49. The maximum absolute atomic E-state index is 4.70. The molecular formula is C18H24N6. The summed E-state index contributed by atoms with van der Waals surface area (Å²) in [6.45, 7) is 7.34. The SMILES string of the molecule is Cc1cc(C)n2ncc(CN3CCC[C@H](Cc4ccn[nH]4)C3)c2n1. The van der Waals surface area contributed by atoms with E-state index >= 15 is 0 Å². The largest absolute Gasteiger partial charge is 0.299 e. The molecule has 1 aliphatic heterocycles. The van der Waals surface area contributed by atoms with Crippen molar-refractivity contribution in [2.75, 3.05) is 13.1 Å². The van der Waals surface area contributed by atoms with E-state index in [9.17, 15) is 0 Å². The first-order chi connectivity index (χ1) is 11.7. The molecule has 0 aliphatic carbocycles. The fraction of sp³-hybridized carbons (Fsp3) is 0.500. The van der Waals surface area contributed by atoms with Crippen LogP contribution in [0.1, 0.15) is 35.5 Å². The number of aromatic amines is 1. The lowest BCUT2D eigenvalue weighted by Gasteiger charge is -2.32. The van der Waals surface area contributed by atoms with Gasteiger partial charge in [0.25, 0.3) is 0 Å². The third-order valence-corrected chi connectivity index (χ3v) is 4.92. The van der Waals surface area contributed by atoms with Crippen molar-refractivity contribution in [2.45, 2.75) is 39.7 Å². The molecule has 0 bridgehead atoms. The first-order valence-corrected chi connectivity index (χ1v) is 8.70. The van der Waals surface area contributed by atoms with Crippen LogP contribution in [0.5, 0.6) is 0 Å². The number of piperidine rings is 1. The lowest BCUT2D eigenvalue weighted by Crippen LogP contribution is -2.35. The van der Waals surface area contributed by atoms with Gasteiger partial charge in [0, 0.05) is 41.9 Å². The van der Waals surface area contributed by atoms with Crippen LogP contribution in [0, 0.1) is 19.8 Å². The number of rotatable bonds is 4. The number of aryl methyl sites for hydroxylation is 2. The quantitative estimate of drug-likeness (QED) is 0.801. The Kier molecular flexibility index (Phi) is 4.06. The van der Waals surface area contributed by atoms with Crippen molar-refractivity contribution in [1.29, 1.82) is 0 Å². The molecule has 1 fully saturated rings. The Morgan fingerprint density at radius 2 is 2.25 bits per heavy atom. The normalized spacial score (nSPS) is 19.2. The van der Waals surface area contributed by atoms with Crippen molar-refractivity contribution in [3.05, 3.63) is 47.2 Å². The molecule has 1 aliphatic rings. The van der Waals surface area contributed by atoms with E-state index in [0.29, 0.717) is 5.92 Å². The third kappa shape index (κ3) is 3.06. The van der Waals surface area contributed by atoms with Crippen LogP contribution in [-0.2, 0) is 13.0 Å². The summed E-state index contributed by atoms with van der Waals surface area (Å²) in [6.07, 6.45) is 7.45. The molecule has 0 aromatic carbocycles. The van der Waals surface area contributed by atoms with Crippen LogP contribution in [0.3, 0.4) is 0 Å². The van der Waals surface area contributed by atoms with E-state index < -0.39 is 0 Å². The monoisotopic (exact) mass is 324 g/mol. The van der Waals surface area contributed by atoms with E-state index in [2.05, 4.69) is 39.3 Å². The van der Waals surface area contributed by atoms with Gasteiger partial charge in [0.1, 0.15) is 0 Å². The zero-order chi connectivity index (χ0) is 16.5. The van der Waals surface area contributed by atoms with Crippen LogP contribution in [0.25, 0.3) is 5.65 Å². The van der Waals surface area contributed by atoms with E-state index in [1.807, 2.05) is 23.8 Å². The van der Waals surface area contributed by atoms with Gasteiger partial charge in [0.15, 0.2) is 5.65 Å². The van der Waals surface area contributed by atoms with Gasteiger partial charge in [-0.15, -0.1) is 0 Å². The molecule has 0 amide bonds. The average Bonchev–Trinajstić information content (AvgIpc) is 3.18. The van der Waals surface area contributed by atoms with Crippen LogP contribution >= 0.6 is 0 Å². The molecule has 0 radical (unpaired) electrons. The third-order valence-electron chi connectivity index (χ3n) is 4.92. The second-order valence-corrected chi connectivity index (χ2v) is 6.97. The van der Waals surface area contributed by atoms with Gasteiger partial charge in [-0.1, -0.05) is 0 Å². The van der Waals surface area contributed by atoms with E-state index in [1.165, 1.54) is 24.1 Å². The molecule has 6 nitrogen and oxygen atoms in total. The summed E-state index contributed by atoms with van der Waals surface area (Å²) in [5.41, 5.74) is 5.66. The van der Waals surface area contributed by atoms with Gasteiger partial charge >= 0.3 is 0 Å². The minimum absolute atomic E-state index is 0.692. The summed E-state index contributed by atoms with van der Waals surface area (Å²) in [5.74, 6) is 0.692. The first-order valence-electron chi connectivity index (χ1n) is 8.70. The van der Waals surface area contributed by atoms with Crippen LogP contribution < -0.4 is 0 Å². The summed E-state index contributed by atoms with van der Waals surface area (Å²) in [7, 11) is 0. The summed E-state index contributed by atoms with van der Waals surface area (Å²) in [6, 6.07) is 4.16. The summed E-state index contributed by atoms with van der Waals surface area (Å²) < 4.78 is 1.95. The van der Waals surface area contributed by atoms with Gasteiger partial charge in [-0.2, -0.15) is 10.2 Å². The fourth-order valence-electron chi connectivity index (χ4n) is 3.84. The Morgan fingerprint density at radius 3 is 3.08 bits per heavy atom. The lowest BCUT2D eigenvalue weighted by molar-refractivity contribution is 0.167. The molecule has 126 valence electrons. The maximum Gasteiger partial charge on any atom is 0.159 e. The molecule has 0 unspecified atom stereocenters. The number of aromatic nitrogens is 5. The minimum atomic E-state index is 0.692. The highest BCUT2D eigenvalue weighted by Gasteiger charge is 2.22. The van der Waals surface area contributed by atoms with E-state index in [0.717, 1.165) is 43.1 Å². The molecule has 1 saturated heterocycles. The Bertz CT molecular complexity index is 820.